The molecular formula is C9H14N4O2S. The number of hydrogen-bond acceptors (Lipinski definition) is 4. The molecule has 3 rings (SSSR count). The van der Waals surface area contributed by atoms with Crippen molar-refractivity contribution in [3.8, 4) is 0 Å². The van der Waals surface area contributed by atoms with E-state index in [0.29, 0.717) is 11.8 Å². The predicted octanol–water partition coefficient (Wildman–Crippen LogP) is 0.384. The first-order valence-electron chi connectivity index (χ1n) is 5.46. The first-order chi connectivity index (χ1) is 7.48. The summed E-state index contributed by atoms with van der Waals surface area (Å²) in [5, 5.41) is 12.8. The minimum atomic E-state index is -3.75. The quantitative estimate of drug-likeness (QED) is 0.829. The van der Waals surface area contributed by atoms with Crippen LogP contribution < -0.4 is 5.14 Å². The third kappa shape index (κ3) is 1.54. The molecule has 16 heavy (non-hydrogen) atoms. The zero-order valence-electron chi connectivity index (χ0n) is 9.00. The van der Waals surface area contributed by atoms with Gasteiger partial charge in [0.25, 0.3) is 15.2 Å². The Bertz CT molecular complexity index is 532. The van der Waals surface area contributed by atoms with E-state index in [2.05, 4.69) is 17.1 Å². The topological polar surface area (TPSA) is 90.9 Å². The Labute approximate surface area is 93.9 Å². The fraction of sp³-hybridized carbons (Fsp3) is 0.778. The van der Waals surface area contributed by atoms with Crippen molar-refractivity contribution >= 4 is 10.0 Å². The minimum absolute atomic E-state index is 0.0656. The van der Waals surface area contributed by atoms with Crippen LogP contribution in [0, 0.1) is 5.92 Å². The molecule has 1 aromatic heterocycles. The van der Waals surface area contributed by atoms with E-state index in [0.717, 1.165) is 25.1 Å². The molecule has 1 heterocycles. The van der Waals surface area contributed by atoms with E-state index in [-0.39, 0.29) is 11.2 Å². The molecule has 0 radical (unpaired) electrons. The number of nitrogens with two attached hydrogens (primary N) is 1. The van der Waals surface area contributed by atoms with Gasteiger partial charge in [0.05, 0.1) is 0 Å². The Morgan fingerprint density at radius 1 is 1.38 bits per heavy atom. The molecule has 7 heteroatoms. The van der Waals surface area contributed by atoms with Gasteiger partial charge < -0.3 is 0 Å². The van der Waals surface area contributed by atoms with Gasteiger partial charge in [0.1, 0.15) is 5.82 Å². The molecule has 0 bridgehead atoms. The Morgan fingerprint density at radius 2 is 2.00 bits per heavy atom. The van der Waals surface area contributed by atoms with E-state index in [1.807, 2.05) is 0 Å². The lowest BCUT2D eigenvalue weighted by atomic mass is 10.3. The molecule has 0 spiro atoms. The van der Waals surface area contributed by atoms with Crippen LogP contribution in [-0.4, -0.2) is 23.2 Å². The monoisotopic (exact) mass is 242 g/mol. The second-order valence-corrected chi connectivity index (χ2v) is 6.26. The molecule has 0 saturated heterocycles. The molecule has 2 N–H and O–H groups in total. The van der Waals surface area contributed by atoms with Gasteiger partial charge in [-0.1, -0.05) is 6.92 Å². The van der Waals surface area contributed by atoms with Crippen molar-refractivity contribution in [3.63, 3.8) is 0 Å². The highest BCUT2D eigenvalue weighted by molar-refractivity contribution is 7.89. The molecule has 6 nitrogen and oxygen atoms in total. The average molecular weight is 242 g/mol. The molecule has 2 saturated carbocycles. The molecule has 88 valence electrons. The van der Waals surface area contributed by atoms with Gasteiger partial charge in [-0.3, -0.25) is 4.57 Å². The van der Waals surface area contributed by atoms with E-state index in [9.17, 15) is 8.42 Å². The van der Waals surface area contributed by atoms with Crippen molar-refractivity contribution < 1.29 is 8.42 Å². The maximum atomic E-state index is 11.4. The normalized spacial score (nSPS) is 29.4. The van der Waals surface area contributed by atoms with Crippen LogP contribution in [-0.2, 0) is 10.0 Å². The highest BCUT2D eigenvalue weighted by Gasteiger charge is 2.43. The van der Waals surface area contributed by atoms with Gasteiger partial charge in [0, 0.05) is 12.0 Å². The van der Waals surface area contributed by atoms with Crippen molar-refractivity contribution in [2.75, 3.05) is 0 Å². The van der Waals surface area contributed by atoms with Gasteiger partial charge in [-0.05, 0) is 25.2 Å². The minimum Gasteiger partial charge on any atom is -0.297 e. The molecule has 0 amide bonds. The third-order valence-corrected chi connectivity index (χ3v) is 4.09. The van der Waals surface area contributed by atoms with Gasteiger partial charge in [0.2, 0.25) is 0 Å². The summed E-state index contributed by atoms with van der Waals surface area (Å²) < 4.78 is 24.5. The van der Waals surface area contributed by atoms with Crippen molar-refractivity contribution in [1.29, 1.82) is 0 Å². The van der Waals surface area contributed by atoms with Gasteiger partial charge in [-0.2, -0.15) is 0 Å². The zero-order valence-corrected chi connectivity index (χ0v) is 9.81. The lowest BCUT2D eigenvalue weighted by Crippen LogP contribution is -2.19. The van der Waals surface area contributed by atoms with Crippen molar-refractivity contribution in [1.82, 2.24) is 14.8 Å². The standard InChI is InChI=1S/C9H14N4O2S/c1-5-4-7(5)8-11-12-9(16(10,14)15)13(8)6-2-3-6/h5-7H,2-4H2,1H3,(H2,10,14,15). The molecule has 2 fully saturated rings. The number of hydrogen-bond donors (Lipinski definition) is 1. The van der Waals surface area contributed by atoms with E-state index >= 15 is 0 Å². The summed E-state index contributed by atoms with van der Waals surface area (Å²) >= 11 is 0. The van der Waals surface area contributed by atoms with E-state index < -0.39 is 10.0 Å². The molecule has 2 unspecified atom stereocenters. The van der Waals surface area contributed by atoms with Crippen molar-refractivity contribution in [2.24, 2.45) is 11.1 Å². The molecule has 0 aliphatic heterocycles. The summed E-state index contributed by atoms with van der Waals surface area (Å²) in [7, 11) is -3.75. The lowest BCUT2D eigenvalue weighted by Gasteiger charge is -2.06. The number of sulfonamides is 1. The van der Waals surface area contributed by atoms with Crippen LogP contribution in [0.5, 0.6) is 0 Å². The molecule has 1 aromatic rings. The zero-order chi connectivity index (χ0) is 11.5. The highest BCUT2D eigenvalue weighted by Crippen LogP contribution is 2.49. The second-order valence-electron chi connectivity index (χ2n) is 4.81. The average Bonchev–Trinajstić information content (AvgIpc) is 3.07. The van der Waals surface area contributed by atoms with E-state index in [1.54, 1.807) is 4.57 Å². The summed E-state index contributed by atoms with van der Waals surface area (Å²) in [6.07, 6.45) is 3.05. The summed E-state index contributed by atoms with van der Waals surface area (Å²) in [4.78, 5) is 0. The SMILES string of the molecule is CC1CC1c1nnc(S(N)(=O)=O)n1C1CC1. The molecule has 2 atom stereocenters. The van der Waals surface area contributed by atoms with Gasteiger partial charge in [-0.15, -0.1) is 10.2 Å². The third-order valence-electron chi connectivity index (χ3n) is 3.30. The maximum Gasteiger partial charge on any atom is 0.273 e. The van der Waals surface area contributed by atoms with Crippen LogP contribution in [0.2, 0.25) is 0 Å². The van der Waals surface area contributed by atoms with Gasteiger partial charge in [-0.25, -0.2) is 13.6 Å². The summed E-state index contributed by atoms with van der Waals surface area (Å²) in [6.45, 7) is 2.13. The van der Waals surface area contributed by atoms with Gasteiger partial charge in [0.15, 0.2) is 0 Å². The summed E-state index contributed by atoms with van der Waals surface area (Å²) in [5.41, 5.74) is 0. The Kier molecular flexibility index (Phi) is 1.94. The van der Waals surface area contributed by atoms with Crippen LogP contribution in [0.25, 0.3) is 0 Å². The van der Waals surface area contributed by atoms with Crippen LogP contribution in [0.15, 0.2) is 5.16 Å². The van der Waals surface area contributed by atoms with Crippen molar-refractivity contribution in [3.05, 3.63) is 5.82 Å². The molecular weight excluding hydrogens is 228 g/mol. The fourth-order valence-electron chi connectivity index (χ4n) is 2.09. The largest absolute Gasteiger partial charge is 0.297 e. The number of nitrogens with zero attached hydrogens (tertiary/aromatic N) is 3. The number of aromatic nitrogens is 3. The van der Waals surface area contributed by atoms with E-state index in [4.69, 9.17) is 5.14 Å². The predicted molar refractivity (Wildman–Crippen MR) is 56.2 cm³/mol. The summed E-state index contributed by atoms with van der Waals surface area (Å²) in [5.74, 6) is 1.75. The van der Waals surface area contributed by atoms with Gasteiger partial charge >= 0.3 is 0 Å². The maximum absolute atomic E-state index is 11.4. The first-order valence-corrected chi connectivity index (χ1v) is 7.00. The lowest BCUT2D eigenvalue weighted by molar-refractivity contribution is 0.557. The Morgan fingerprint density at radius 3 is 2.44 bits per heavy atom. The van der Waals surface area contributed by atoms with Crippen LogP contribution in [0.3, 0.4) is 0 Å². The Balaban J connectivity index is 2.10. The van der Waals surface area contributed by atoms with Crippen LogP contribution >= 0.6 is 0 Å². The molecule has 2 aliphatic carbocycles. The molecule has 0 aromatic carbocycles. The smallest absolute Gasteiger partial charge is 0.273 e. The van der Waals surface area contributed by atoms with Crippen LogP contribution in [0.1, 0.15) is 44.0 Å². The second kappa shape index (κ2) is 3.04. The van der Waals surface area contributed by atoms with E-state index in [1.165, 1.54) is 0 Å². The molecule has 2 aliphatic rings. The number of primary sulfonamides is 1. The first kappa shape index (κ1) is 10.2. The highest BCUT2D eigenvalue weighted by atomic mass is 32.2. The number of rotatable bonds is 3. The Hall–Kier alpha value is -0.950. The fourth-order valence-corrected chi connectivity index (χ4v) is 2.76. The van der Waals surface area contributed by atoms with Crippen LogP contribution in [0.4, 0.5) is 0 Å². The van der Waals surface area contributed by atoms with Crippen molar-refractivity contribution in [2.45, 2.75) is 43.3 Å². The summed E-state index contributed by atoms with van der Waals surface area (Å²) in [6, 6.07) is 0.242.